The molecule has 1 aliphatic heterocycles. The number of benzene rings is 1. The fourth-order valence-corrected chi connectivity index (χ4v) is 2.33. The summed E-state index contributed by atoms with van der Waals surface area (Å²) in [4.78, 5) is 14.1. The zero-order valence-corrected chi connectivity index (χ0v) is 10.4. The van der Waals surface area contributed by atoms with Crippen LogP contribution in [0.15, 0.2) is 24.3 Å². The lowest BCUT2D eigenvalue weighted by molar-refractivity contribution is -0.129. The zero-order valence-electron chi connectivity index (χ0n) is 10.4. The van der Waals surface area contributed by atoms with E-state index in [-0.39, 0.29) is 5.91 Å². The molecule has 0 radical (unpaired) electrons. The number of nitrogens with two attached hydrogens (primary N) is 1. The van der Waals surface area contributed by atoms with Crippen LogP contribution in [0, 0.1) is 12.8 Å². The Kier molecular flexibility index (Phi) is 3.79. The number of carbonyl (C=O) groups excluding carboxylic acids is 1. The molecule has 17 heavy (non-hydrogen) atoms. The van der Waals surface area contributed by atoms with Gasteiger partial charge >= 0.3 is 0 Å². The summed E-state index contributed by atoms with van der Waals surface area (Å²) in [6, 6.07) is 8.07. The van der Waals surface area contributed by atoms with E-state index in [4.69, 9.17) is 5.73 Å². The molecule has 1 amide bonds. The molecule has 0 aliphatic carbocycles. The molecular formula is C14H20N2O. The number of rotatable bonds is 3. The van der Waals surface area contributed by atoms with Gasteiger partial charge in [-0.25, -0.2) is 0 Å². The molecule has 1 aromatic carbocycles. The average molecular weight is 232 g/mol. The zero-order chi connectivity index (χ0) is 12.3. The van der Waals surface area contributed by atoms with E-state index in [9.17, 15) is 4.79 Å². The standard InChI is InChI=1S/C14H20N2O/c1-11-4-2-3-5-13(11)8-14(17)16-7-6-12(9-15)10-16/h2-5,12H,6-10,15H2,1H3/t12-/m1/s1. The first-order valence-electron chi connectivity index (χ1n) is 6.23. The van der Waals surface area contributed by atoms with Crippen molar-refractivity contribution in [1.82, 2.24) is 4.90 Å². The maximum Gasteiger partial charge on any atom is 0.227 e. The molecule has 2 rings (SSSR count). The number of carbonyl (C=O) groups is 1. The van der Waals surface area contributed by atoms with Crippen LogP contribution in [0.5, 0.6) is 0 Å². The Labute approximate surface area is 103 Å². The van der Waals surface area contributed by atoms with Crippen LogP contribution in [0.2, 0.25) is 0 Å². The molecule has 1 heterocycles. The molecule has 1 aliphatic rings. The summed E-state index contributed by atoms with van der Waals surface area (Å²) >= 11 is 0. The fourth-order valence-electron chi connectivity index (χ4n) is 2.33. The molecule has 3 nitrogen and oxygen atoms in total. The van der Waals surface area contributed by atoms with Gasteiger partial charge in [0.1, 0.15) is 0 Å². The molecule has 3 heteroatoms. The van der Waals surface area contributed by atoms with Crippen LogP contribution in [0.1, 0.15) is 17.5 Å². The van der Waals surface area contributed by atoms with E-state index in [0.717, 1.165) is 25.1 Å². The SMILES string of the molecule is Cc1ccccc1CC(=O)N1CC[C@H](CN)C1. The third kappa shape index (κ3) is 2.86. The van der Waals surface area contributed by atoms with E-state index in [1.165, 1.54) is 5.56 Å². The normalized spacial score (nSPS) is 19.6. The van der Waals surface area contributed by atoms with E-state index in [2.05, 4.69) is 13.0 Å². The van der Waals surface area contributed by atoms with Gasteiger partial charge in [-0.2, -0.15) is 0 Å². The fraction of sp³-hybridized carbons (Fsp3) is 0.500. The summed E-state index contributed by atoms with van der Waals surface area (Å²) in [7, 11) is 0. The van der Waals surface area contributed by atoms with Gasteiger partial charge in [0.15, 0.2) is 0 Å². The van der Waals surface area contributed by atoms with Crippen molar-refractivity contribution in [2.45, 2.75) is 19.8 Å². The summed E-state index contributed by atoms with van der Waals surface area (Å²) in [6.45, 7) is 4.44. The maximum atomic E-state index is 12.1. The second kappa shape index (κ2) is 5.32. The number of nitrogens with zero attached hydrogens (tertiary/aromatic N) is 1. The third-order valence-corrected chi connectivity index (χ3v) is 3.57. The second-order valence-corrected chi connectivity index (χ2v) is 4.83. The number of amides is 1. The first-order chi connectivity index (χ1) is 8.20. The molecule has 0 aromatic heterocycles. The van der Waals surface area contributed by atoms with Crippen molar-refractivity contribution in [3.05, 3.63) is 35.4 Å². The largest absolute Gasteiger partial charge is 0.342 e. The summed E-state index contributed by atoms with van der Waals surface area (Å²) in [5.41, 5.74) is 7.96. The highest BCUT2D eigenvalue weighted by molar-refractivity contribution is 5.79. The smallest absolute Gasteiger partial charge is 0.227 e. The van der Waals surface area contributed by atoms with E-state index < -0.39 is 0 Å². The lowest BCUT2D eigenvalue weighted by Crippen LogP contribution is -2.31. The van der Waals surface area contributed by atoms with Crippen molar-refractivity contribution in [2.75, 3.05) is 19.6 Å². The van der Waals surface area contributed by atoms with E-state index in [0.29, 0.717) is 18.9 Å². The summed E-state index contributed by atoms with van der Waals surface area (Å²) in [6.07, 6.45) is 1.57. The topological polar surface area (TPSA) is 46.3 Å². The lowest BCUT2D eigenvalue weighted by Gasteiger charge is -2.17. The predicted octanol–water partition coefficient (Wildman–Crippen LogP) is 1.34. The quantitative estimate of drug-likeness (QED) is 0.855. The van der Waals surface area contributed by atoms with Gasteiger partial charge in [0.05, 0.1) is 6.42 Å². The molecule has 0 spiro atoms. The molecule has 1 aromatic rings. The molecule has 0 unspecified atom stereocenters. The minimum Gasteiger partial charge on any atom is -0.342 e. The van der Waals surface area contributed by atoms with Crippen molar-refractivity contribution in [3.8, 4) is 0 Å². The van der Waals surface area contributed by atoms with Crippen molar-refractivity contribution < 1.29 is 4.79 Å². The average Bonchev–Trinajstić information content (AvgIpc) is 2.81. The Morgan fingerprint density at radius 2 is 2.24 bits per heavy atom. The number of likely N-dealkylation sites (tertiary alicyclic amines) is 1. The highest BCUT2D eigenvalue weighted by Gasteiger charge is 2.25. The first kappa shape index (κ1) is 12.1. The van der Waals surface area contributed by atoms with Crippen LogP contribution < -0.4 is 5.73 Å². The van der Waals surface area contributed by atoms with Gasteiger partial charge in [-0.15, -0.1) is 0 Å². The van der Waals surface area contributed by atoms with Crippen LogP contribution in [0.4, 0.5) is 0 Å². The van der Waals surface area contributed by atoms with Gasteiger partial charge in [-0.3, -0.25) is 4.79 Å². The number of aryl methyl sites for hydroxylation is 1. The Morgan fingerprint density at radius 1 is 1.47 bits per heavy atom. The maximum absolute atomic E-state index is 12.1. The monoisotopic (exact) mass is 232 g/mol. The minimum absolute atomic E-state index is 0.232. The van der Waals surface area contributed by atoms with Gasteiger partial charge < -0.3 is 10.6 Å². The van der Waals surface area contributed by atoms with Crippen molar-refractivity contribution in [2.24, 2.45) is 11.7 Å². The van der Waals surface area contributed by atoms with Crippen LogP contribution in [-0.4, -0.2) is 30.4 Å². The molecule has 92 valence electrons. The second-order valence-electron chi connectivity index (χ2n) is 4.83. The molecule has 1 atom stereocenters. The molecule has 1 fully saturated rings. The van der Waals surface area contributed by atoms with Crippen LogP contribution in [0.3, 0.4) is 0 Å². The molecule has 1 saturated heterocycles. The highest BCUT2D eigenvalue weighted by atomic mass is 16.2. The third-order valence-electron chi connectivity index (χ3n) is 3.57. The van der Waals surface area contributed by atoms with Crippen molar-refractivity contribution in [3.63, 3.8) is 0 Å². The van der Waals surface area contributed by atoms with Gasteiger partial charge in [0, 0.05) is 13.1 Å². The summed E-state index contributed by atoms with van der Waals surface area (Å²) in [5, 5.41) is 0. The van der Waals surface area contributed by atoms with Crippen molar-refractivity contribution >= 4 is 5.91 Å². The molecule has 0 bridgehead atoms. The first-order valence-corrected chi connectivity index (χ1v) is 6.23. The van der Waals surface area contributed by atoms with Crippen LogP contribution in [-0.2, 0) is 11.2 Å². The van der Waals surface area contributed by atoms with E-state index in [1.54, 1.807) is 0 Å². The molecule has 0 saturated carbocycles. The van der Waals surface area contributed by atoms with Gasteiger partial charge in [-0.05, 0) is 36.9 Å². The lowest BCUT2D eigenvalue weighted by atomic mass is 10.1. The van der Waals surface area contributed by atoms with Gasteiger partial charge in [0.25, 0.3) is 0 Å². The number of hydrogen-bond donors (Lipinski definition) is 1. The Morgan fingerprint density at radius 3 is 2.88 bits per heavy atom. The van der Waals surface area contributed by atoms with Gasteiger partial charge in [0.2, 0.25) is 5.91 Å². The van der Waals surface area contributed by atoms with Gasteiger partial charge in [-0.1, -0.05) is 24.3 Å². The number of hydrogen-bond acceptors (Lipinski definition) is 2. The summed E-state index contributed by atoms with van der Waals surface area (Å²) < 4.78 is 0. The molecular weight excluding hydrogens is 212 g/mol. The Hall–Kier alpha value is -1.35. The van der Waals surface area contributed by atoms with Crippen LogP contribution >= 0.6 is 0 Å². The Bertz CT molecular complexity index is 403. The van der Waals surface area contributed by atoms with Crippen LogP contribution in [0.25, 0.3) is 0 Å². The van der Waals surface area contributed by atoms with E-state index in [1.807, 2.05) is 23.1 Å². The Balaban J connectivity index is 1.96. The molecule has 2 N–H and O–H groups in total. The summed E-state index contributed by atoms with van der Waals surface area (Å²) in [5.74, 6) is 0.728. The van der Waals surface area contributed by atoms with Crippen molar-refractivity contribution in [1.29, 1.82) is 0 Å². The predicted molar refractivity (Wildman–Crippen MR) is 68.6 cm³/mol. The van der Waals surface area contributed by atoms with E-state index >= 15 is 0 Å². The highest BCUT2D eigenvalue weighted by Crippen LogP contribution is 2.17. The minimum atomic E-state index is 0.232.